The minimum Gasteiger partial charge on any atom is -0.455 e. The predicted molar refractivity (Wildman–Crippen MR) is 296 cm³/mol. The number of rotatable bonds is 7. The highest BCUT2D eigenvalue weighted by Gasteiger charge is 2.29. The first-order chi connectivity index (χ1) is 36.2. The van der Waals surface area contributed by atoms with Crippen molar-refractivity contribution >= 4 is 76.6 Å². The first-order valence-corrected chi connectivity index (χ1v) is 24.4. The number of para-hydroxylation sites is 6. The summed E-state index contributed by atoms with van der Waals surface area (Å²) in [7, 11) is 0. The molecule has 0 saturated heterocycles. The van der Waals surface area contributed by atoms with Crippen molar-refractivity contribution in [2.75, 3.05) is 0 Å². The Kier molecular flexibility index (Phi) is 9.09. The maximum Gasteiger partial charge on any atom is 0.166 e. The van der Waals surface area contributed by atoms with E-state index in [4.69, 9.17) is 29.3 Å². The number of furan rings is 1. The zero-order valence-electron chi connectivity index (χ0n) is 39.1. The van der Waals surface area contributed by atoms with Crippen LogP contribution in [0.15, 0.2) is 241 Å². The molecule has 15 aromatic rings. The second-order valence-electron chi connectivity index (χ2n) is 18.3. The summed E-state index contributed by atoms with van der Waals surface area (Å²) >= 11 is 0. The van der Waals surface area contributed by atoms with E-state index in [9.17, 15) is 0 Å². The second-order valence-corrected chi connectivity index (χ2v) is 18.3. The largest absolute Gasteiger partial charge is 0.455 e. The third-order valence-electron chi connectivity index (χ3n) is 14.1. The normalized spacial score (nSPS) is 11.8. The fourth-order valence-corrected chi connectivity index (χ4v) is 11.0. The number of aromatic nitrogens is 7. The summed E-state index contributed by atoms with van der Waals surface area (Å²) in [6.07, 6.45) is 0. The van der Waals surface area contributed by atoms with Crippen LogP contribution in [-0.2, 0) is 0 Å². The lowest BCUT2D eigenvalue weighted by Crippen LogP contribution is -2.05. The molecule has 0 fully saturated rings. The molecule has 0 N–H and O–H groups in total. The Balaban J connectivity index is 1.14. The van der Waals surface area contributed by atoms with Crippen molar-refractivity contribution in [3.8, 4) is 68.1 Å². The number of nitrogens with zero attached hydrogens (tertiary/aromatic N) is 7. The van der Waals surface area contributed by atoms with E-state index >= 15 is 0 Å². The van der Waals surface area contributed by atoms with Gasteiger partial charge >= 0.3 is 0 Å². The quantitative estimate of drug-likeness (QED) is 0.158. The van der Waals surface area contributed by atoms with E-state index in [1.807, 2.05) is 103 Å². The lowest BCUT2D eigenvalue weighted by molar-refractivity contribution is 0.673. The molecule has 15 rings (SSSR count). The van der Waals surface area contributed by atoms with E-state index in [1.54, 1.807) is 0 Å². The number of hydrogen-bond acceptors (Lipinski definition) is 6. The van der Waals surface area contributed by atoms with E-state index in [0.717, 1.165) is 127 Å². The van der Waals surface area contributed by atoms with Crippen LogP contribution in [0.25, 0.3) is 145 Å². The second kappa shape index (κ2) is 16.3. The Bertz CT molecular complexity index is 4600. The molecule has 8 heteroatoms. The molecule has 73 heavy (non-hydrogen) atoms. The van der Waals surface area contributed by atoms with Gasteiger partial charge in [-0.05, 0) is 54.6 Å². The van der Waals surface area contributed by atoms with Crippen molar-refractivity contribution in [2.45, 2.75) is 0 Å². The van der Waals surface area contributed by atoms with Gasteiger partial charge in [0.2, 0.25) is 0 Å². The smallest absolute Gasteiger partial charge is 0.166 e. The van der Waals surface area contributed by atoms with Crippen LogP contribution >= 0.6 is 0 Å². The molecule has 10 aromatic carbocycles. The maximum absolute atomic E-state index is 7.14. The topological polar surface area (TPSA) is 87.5 Å². The number of benzene rings is 10. The van der Waals surface area contributed by atoms with E-state index in [1.165, 1.54) is 0 Å². The summed E-state index contributed by atoms with van der Waals surface area (Å²) in [5.41, 5.74) is 15.3. The zero-order chi connectivity index (χ0) is 48.0. The van der Waals surface area contributed by atoms with Gasteiger partial charge in [-0.2, -0.15) is 0 Å². The fourth-order valence-electron chi connectivity index (χ4n) is 11.0. The van der Waals surface area contributed by atoms with Crippen LogP contribution in [0.3, 0.4) is 0 Å². The standard InChI is InChI=1S/C65H39N7O/c1-5-21-40(22-6-1)58-59(67-50-33-17-16-32-49(50)66-58)43-37-38-53(48(39-43)65-69-63(41-23-7-2-8-24-41)68-64(70-65)42-25-9-3-10-26-42)72-52-35-19-14-30-46(52)57-61(72)60-55(56-47-31-15-20-36-54(47)73-62(56)57)45-29-13-18-34-51(45)71(60)44-27-11-4-12-28-44/h1-39H. The average molecular weight is 934 g/mol. The van der Waals surface area contributed by atoms with Gasteiger partial charge in [0.25, 0.3) is 0 Å². The molecule has 0 bridgehead atoms. The Morgan fingerprint density at radius 3 is 1.45 bits per heavy atom. The highest BCUT2D eigenvalue weighted by molar-refractivity contribution is 6.39. The summed E-state index contributed by atoms with van der Waals surface area (Å²) in [6, 6.07) is 81.7. The third-order valence-corrected chi connectivity index (χ3v) is 14.1. The minimum atomic E-state index is 0.509. The Morgan fingerprint density at radius 2 is 0.808 bits per heavy atom. The van der Waals surface area contributed by atoms with Crippen LogP contribution in [0.1, 0.15) is 0 Å². The van der Waals surface area contributed by atoms with Crippen molar-refractivity contribution in [2.24, 2.45) is 0 Å². The van der Waals surface area contributed by atoms with Crippen LogP contribution in [-0.4, -0.2) is 34.1 Å². The summed E-state index contributed by atoms with van der Waals surface area (Å²) in [6.45, 7) is 0. The molecule has 0 atom stereocenters. The van der Waals surface area contributed by atoms with E-state index in [-0.39, 0.29) is 0 Å². The SMILES string of the molecule is c1ccc(-c2nc(-c3ccccc3)nc(-c3cc(-c4nc5ccccc5nc4-c4ccccc4)ccc3-n3c4ccccc4c4c5oc6ccccc6c5c5c6ccccc6n(-c6ccccc6)c5c43)n2)cc1. The van der Waals surface area contributed by atoms with Crippen molar-refractivity contribution in [3.05, 3.63) is 237 Å². The van der Waals surface area contributed by atoms with Crippen LogP contribution in [0.2, 0.25) is 0 Å². The van der Waals surface area contributed by atoms with Gasteiger partial charge < -0.3 is 13.6 Å². The van der Waals surface area contributed by atoms with Gasteiger partial charge in [0, 0.05) is 60.4 Å². The molecule has 0 radical (unpaired) electrons. The fraction of sp³-hybridized carbons (Fsp3) is 0. The minimum absolute atomic E-state index is 0.509. The molecule has 0 saturated carbocycles. The van der Waals surface area contributed by atoms with Crippen LogP contribution in [0.4, 0.5) is 0 Å². The molecule has 0 aliphatic heterocycles. The number of hydrogen-bond donors (Lipinski definition) is 0. The average Bonchev–Trinajstić information content (AvgIpc) is 4.15. The lowest BCUT2D eigenvalue weighted by Gasteiger charge is -2.18. The lowest BCUT2D eigenvalue weighted by atomic mass is 9.99. The molecule has 0 aliphatic carbocycles. The molecule has 5 heterocycles. The number of fused-ring (bicyclic) bond motifs is 13. The molecule has 5 aromatic heterocycles. The molecule has 0 amide bonds. The predicted octanol–water partition coefficient (Wildman–Crippen LogP) is 16.2. The Morgan fingerprint density at radius 1 is 0.329 bits per heavy atom. The first-order valence-electron chi connectivity index (χ1n) is 24.4. The Hall–Kier alpha value is -10.1. The molecular formula is C65H39N7O. The van der Waals surface area contributed by atoms with Gasteiger partial charge in [-0.3, -0.25) is 0 Å². The van der Waals surface area contributed by atoms with Gasteiger partial charge in [-0.15, -0.1) is 0 Å². The monoisotopic (exact) mass is 933 g/mol. The van der Waals surface area contributed by atoms with Crippen LogP contribution < -0.4 is 0 Å². The highest BCUT2D eigenvalue weighted by atomic mass is 16.3. The van der Waals surface area contributed by atoms with Gasteiger partial charge in [0.1, 0.15) is 11.2 Å². The van der Waals surface area contributed by atoms with Gasteiger partial charge in [0.05, 0.1) is 55.6 Å². The van der Waals surface area contributed by atoms with Crippen LogP contribution in [0, 0.1) is 0 Å². The van der Waals surface area contributed by atoms with E-state index < -0.39 is 0 Å². The van der Waals surface area contributed by atoms with Crippen molar-refractivity contribution in [3.63, 3.8) is 0 Å². The molecule has 340 valence electrons. The zero-order valence-corrected chi connectivity index (χ0v) is 39.1. The summed E-state index contributed by atoms with van der Waals surface area (Å²) in [4.78, 5) is 26.8. The molecule has 0 spiro atoms. The van der Waals surface area contributed by atoms with Crippen molar-refractivity contribution < 1.29 is 4.42 Å². The maximum atomic E-state index is 7.14. The van der Waals surface area contributed by atoms with E-state index in [2.05, 4.69) is 143 Å². The molecule has 8 nitrogen and oxygen atoms in total. The highest BCUT2D eigenvalue weighted by Crippen LogP contribution is 2.50. The van der Waals surface area contributed by atoms with Crippen LogP contribution in [0.5, 0.6) is 0 Å². The third kappa shape index (κ3) is 6.37. The summed E-state index contributed by atoms with van der Waals surface area (Å²) in [5, 5.41) is 6.48. The Labute approximate surface area is 417 Å². The van der Waals surface area contributed by atoms with Crippen molar-refractivity contribution in [1.29, 1.82) is 0 Å². The molecule has 0 unspecified atom stereocenters. The van der Waals surface area contributed by atoms with E-state index in [0.29, 0.717) is 17.5 Å². The van der Waals surface area contributed by atoms with Gasteiger partial charge in [-0.25, -0.2) is 24.9 Å². The van der Waals surface area contributed by atoms with Gasteiger partial charge in [-0.1, -0.05) is 182 Å². The molecular weight excluding hydrogens is 895 g/mol. The molecule has 0 aliphatic rings. The van der Waals surface area contributed by atoms with Crippen molar-refractivity contribution in [1.82, 2.24) is 34.1 Å². The first kappa shape index (κ1) is 40.8. The summed E-state index contributed by atoms with van der Waals surface area (Å²) < 4.78 is 12.0. The summed E-state index contributed by atoms with van der Waals surface area (Å²) in [5.74, 6) is 1.64. The van der Waals surface area contributed by atoms with Gasteiger partial charge in [0.15, 0.2) is 17.5 Å².